The van der Waals surface area contributed by atoms with Crippen molar-refractivity contribution in [3.8, 4) is 0 Å². The summed E-state index contributed by atoms with van der Waals surface area (Å²) in [6.45, 7) is 3.79. The Morgan fingerprint density at radius 3 is 2.20 bits per heavy atom. The van der Waals surface area contributed by atoms with Crippen molar-refractivity contribution in [3.05, 3.63) is 0 Å². The largest absolute Gasteiger partial charge is 0.480 e. The third kappa shape index (κ3) is 2.15. The van der Waals surface area contributed by atoms with Gasteiger partial charge in [0.25, 0.3) is 0 Å². The first-order valence-electron chi connectivity index (χ1n) is 4.97. The van der Waals surface area contributed by atoms with E-state index >= 15 is 0 Å². The number of sulfone groups is 1. The molecule has 0 unspecified atom stereocenters. The Balaban J connectivity index is 2.95. The van der Waals surface area contributed by atoms with Crippen LogP contribution in [0.15, 0.2) is 0 Å². The van der Waals surface area contributed by atoms with Crippen molar-refractivity contribution < 1.29 is 18.3 Å². The van der Waals surface area contributed by atoms with Crippen molar-refractivity contribution in [2.24, 2.45) is 0 Å². The van der Waals surface area contributed by atoms with E-state index in [9.17, 15) is 13.2 Å². The van der Waals surface area contributed by atoms with E-state index in [-0.39, 0.29) is 0 Å². The lowest BCUT2D eigenvalue weighted by Gasteiger charge is -2.29. The molecule has 2 N–H and O–H groups in total. The third-order valence-corrected chi connectivity index (χ3v) is 5.90. The van der Waals surface area contributed by atoms with Gasteiger partial charge in [-0.3, -0.25) is 4.79 Å². The fourth-order valence-electron chi connectivity index (χ4n) is 1.64. The highest BCUT2D eigenvalue weighted by Gasteiger charge is 2.46. The first kappa shape index (κ1) is 12.4. The molecular weight excluding hydrogens is 218 g/mol. The number of carbonyl (C=O) groups is 1. The predicted molar refractivity (Wildman–Crippen MR) is 56.5 cm³/mol. The molecule has 15 heavy (non-hydrogen) atoms. The van der Waals surface area contributed by atoms with E-state index in [2.05, 4.69) is 5.32 Å². The van der Waals surface area contributed by atoms with E-state index in [0.29, 0.717) is 25.9 Å². The molecule has 0 aromatic carbocycles. The number of piperidine rings is 1. The Bertz CT molecular complexity index is 341. The first-order chi connectivity index (χ1) is 6.80. The fourth-order valence-corrected chi connectivity index (χ4v) is 3.58. The number of hydrogen-bond acceptors (Lipinski definition) is 4. The zero-order valence-corrected chi connectivity index (χ0v) is 9.80. The van der Waals surface area contributed by atoms with Gasteiger partial charge in [0.2, 0.25) is 0 Å². The average molecular weight is 235 g/mol. The maximum Gasteiger partial charge on any atom is 0.324 e. The highest BCUT2D eigenvalue weighted by Crippen LogP contribution is 2.26. The number of carboxylic acids is 1. The second kappa shape index (κ2) is 4.09. The summed E-state index contributed by atoms with van der Waals surface area (Å²) in [4.78, 5) is 10.9. The second-order valence-corrected chi connectivity index (χ2v) is 7.09. The van der Waals surface area contributed by atoms with E-state index < -0.39 is 25.8 Å². The van der Waals surface area contributed by atoms with Crippen LogP contribution in [-0.2, 0) is 14.6 Å². The zero-order valence-electron chi connectivity index (χ0n) is 8.99. The van der Waals surface area contributed by atoms with Gasteiger partial charge in [0, 0.05) is 0 Å². The normalized spacial score (nSPS) is 20.1. The van der Waals surface area contributed by atoms with Gasteiger partial charge in [-0.25, -0.2) is 8.42 Å². The molecule has 5 nitrogen and oxygen atoms in total. The Morgan fingerprint density at radius 2 is 1.80 bits per heavy atom. The van der Waals surface area contributed by atoms with E-state index in [1.165, 1.54) is 13.8 Å². The summed E-state index contributed by atoms with van der Waals surface area (Å²) in [5.74, 6) is -1.28. The molecule has 0 aliphatic carbocycles. The highest BCUT2D eigenvalue weighted by atomic mass is 32.2. The molecule has 6 heteroatoms. The second-order valence-electron chi connectivity index (χ2n) is 4.31. The van der Waals surface area contributed by atoms with Crippen LogP contribution in [0.2, 0.25) is 0 Å². The van der Waals surface area contributed by atoms with Gasteiger partial charge in [0.05, 0.1) is 5.25 Å². The molecular formula is C9H17NO4S. The lowest BCUT2D eigenvalue weighted by Crippen LogP contribution is -2.48. The van der Waals surface area contributed by atoms with Gasteiger partial charge >= 0.3 is 5.97 Å². The molecule has 1 heterocycles. The van der Waals surface area contributed by atoms with Crippen LogP contribution in [0.5, 0.6) is 0 Å². The number of carboxylic acid groups (broad SMARTS) is 1. The van der Waals surface area contributed by atoms with E-state index in [1.807, 2.05) is 0 Å². The van der Waals surface area contributed by atoms with E-state index in [4.69, 9.17) is 5.11 Å². The molecule has 1 aliphatic rings. The molecule has 0 saturated carbocycles. The maximum atomic E-state index is 12.0. The van der Waals surface area contributed by atoms with Gasteiger partial charge in [-0.1, -0.05) is 0 Å². The van der Waals surface area contributed by atoms with Crippen molar-refractivity contribution in [2.45, 2.75) is 36.7 Å². The van der Waals surface area contributed by atoms with Crippen LogP contribution < -0.4 is 5.32 Å². The fraction of sp³-hybridized carbons (Fsp3) is 0.889. The van der Waals surface area contributed by atoms with Crippen molar-refractivity contribution in [3.63, 3.8) is 0 Å². The molecule has 1 fully saturated rings. The SMILES string of the molecule is CC(C)(C(=O)O)S(=O)(=O)C1CCNCC1. The van der Waals surface area contributed by atoms with Gasteiger partial charge in [0.15, 0.2) is 14.6 Å². The van der Waals surface area contributed by atoms with Crippen molar-refractivity contribution in [2.75, 3.05) is 13.1 Å². The van der Waals surface area contributed by atoms with Crippen LogP contribution in [0.25, 0.3) is 0 Å². The lowest BCUT2D eigenvalue weighted by molar-refractivity contribution is -0.139. The quantitative estimate of drug-likeness (QED) is 0.720. The summed E-state index contributed by atoms with van der Waals surface area (Å²) in [6.07, 6.45) is 0.998. The monoisotopic (exact) mass is 235 g/mol. The van der Waals surface area contributed by atoms with Crippen LogP contribution in [0.1, 0.15) is 26.7 Å². The minimum absolute atomic E-state index is 0.499. The maximum absolute atomic E-state index is 12.0. The summed E-state index contributed by atoms with van der Waals surface area (Å²) >= 11 is 0. The zero-order chi connectivity index (χ0) is 11.7. The van der Waals surface area contributed by atoms with E-state index in [0.717, 1.165) is 0 Å². The summed E-state index contributed by atoms with van der Waals surface area (Å²) in [5.41, 5.74) is 0. The minimum Gasteiger partial charge on any atom is -0.480 e. The molecule has 0 amide bonds. The molecule has 0 aromatic heterocycles. The Labute approximate surface area is 89.8 Å². The Morgan fingerprint density at radius 1 is 1.33 bits per heavy atom. The standard InChI is InChI=1S/C9H17NO4S/c1-9(2,8(11)12)15(13,14)7-3-5-10-6-4-7/h7,10H,3-6H2,1-2H3,(H,11,12). The Kier molecular flexibility index (Phi) is 3.40. The van der Waals surface area contributed by atoms with Gasteiger partial charge in [-0.05, 0) is 39.8 Å². The number of nitrogens with one attached hydrogen (secondary N) is 1. The van der Waals surface area contributed by atoms with Crippen molar-refractivity contribution in [1.82, 2.24) is 5.32 Å². The van der Waals surface area contributed by atoms with Crippen molar-refractivity contribution in [1.29, 1.82) is 0 Å². The van der Waals surface area contributed by atoms with Crippen LogP contribution >= 0.6 is 0 Å². The minimum atomic E-state index is -3.60. The highest BCUT2D eigenvalue weighted by molar-refractivity contribution is 7.94. The van der Waals surface area contributed by atoms with Crippen LogP contribution in [0, 0.1) is 0 Å². The van der Waals surface area contributed by atoms with E-state index in [1.54, 1.807) is 0 Å². The van der Waals surface area contributed by atoms with Crippen LogP contribution in [0.4, 0.5) is 0 Å². The third-order valence-electron chi connectivity index (χ3n) is 2.95. The number of hydrogen-bond donors (Lipinski definition) is 2. The molecule has 1 aliphatic heterocycles. The Hall–Kier alpha value is -0.620. The summed E-state index contributed by atoms with van der Waals surface area (Å²) in [5, 5.41) is 11.4. The van der Waals surface area contributed by atoms with Gasteiger partial charge in [0.1, 0.15) is 0 Å². The topological polar surface area (TPSA) is 83.5 Å². The predicted octanol–water partition coefficient (Wildman–Crippen LogP) is 0.0164. The average Bonchev–Trinajstić information content (AvgIpc) is 2.18. The molecule has 1 rings (SSSR count). The van der Waals surface area contributed by atoms with Crippen LogP contribution in [-0.4, -0.2) is 42.6 Å². The molecule has 0 spiro atoms. The van der Waals surface area contributed by atoms with Gasteiger partial charge in [-0.15, -0.1) is 0 Å². The summed E-state index contributed by atoms with van der Waals surface area (Å²) in [6, 6.07) is 0. The number of aliphatic carboxylic acids is 1. The molecule has 0 atom stereocenters. The molecule has 1 saturated heterocycles. The molecule has 0 radical (unpaired) electrons. The summed E-state index contributed by atoms with van der Waals surface area (Å²) in [7, 11) is -3.60. The van der Waals surface area contributed by atoms with Crippen molar-refractivity contribution >= 4 is 15.8 Å². The lowest BCUT2D eigenvalue weighted by atomic mass is 10.2. The summed E-state index contributed by atoms with van der Waals surface area (Å²) < 4.78 is 22.4. The van der Waals surface area contributed by atoms with Crippen LogP contribution in [0.3, 0.4) is 0 Å². The molecule has 88 valence electrons. The number of rotatable bonds is 3. The molecule has 0 bridgehead atoms. The molecule has 0 aromatic rings. The van der Waals surface area contributed by atoms with Gasteiger partial charge in [-0.2, -0.15) is 0 Å². The smallest absolute Gasteiger partial charge is 0.324 e. The first-order valence-corrected chi connectivity index (χ1v) is 6.52. The van der Waals surface area contributed by atoms with Gasteiger partial charge < -0.3 is 10.4 Å².